The van der Waals surface area contributed by atoms with Crippen molar-refractivity contribution in [3.63, 3.8) is 0 Å². The molecule has 0 saturated carbocycles. The zero-order valence-corrected chi connectivity index (χ0v) is 16.6. The van der Waals surface area contributed by atoms with Crippen LogP contribution in [-0.4, -0.2) is 31.7 Å². The van der Waals surface area contributed by atoms with Crippen LogP contribution in [0.4, 0.5) is 0 Å². The summed E-state index contributed by atoms with van der Waals surface area (Å²) in [5.41, 5.74) is 1.98. The lowest BCUT2D eigenvalue weighted by molar-refractivity contribution is -0.126. The van der Waals surface area contributed by atoms with Crippen LogP contribution in [-0.2, 0) is 14.8 Å². The first-order chi connectivity index (χ1) is 12.9. The minimum Gasteiger partial charge on any atom is -0.349 e. The van der Waals surface area contributed by atoms with E-state index in [1.54, 1.807) is 18.2 Å². The van der Waals surface area contributed by atoms with Crippen LogP contribution < -0.4 is 5.32 Å². The quantitative estimate of drug-likeness (QED) is 0.858. The van der Waals surface area contributed by atoms with Crippen molar-refractivity contribution in [1.29, 1.82) is 0 Å². The Morgan fingerprint density at radius 2 is 1.74 bits per heavy atom. The first kappa shape index (κ1) is 19.6. The molecule has 6 heteroatoms. The second-order valence-corrected chi connectivity index (χ2v) is 9.07. The van der Waals surface area contributed by atoms with E-state index in [0.717, 1.165) is 11.1 Å². The lowest BCUT2D eigenvalue weighted by Crippen LogP contribution is -2.43. The Morgan fingerprint density at radius 1 is 1.07 bits per heavy atom. The Bertz CT molecular complexity index is 889. The molecule has 1 heterocycles. The summed E-state index contributed by atoms with van der Waals surface area (Å²) >= 11 is 0. The minimum absolute atomic E-state index is 0.000966. The fourth-order valence-electron chi connectivity index (χ4n) is 3.44. The van der Waals surface area contributed by atoms with Gasteiger partial charge in [0, 0.05) is 19.0 Å². The SMILES string of the molecule is Cc1cccc(S(=O)(=O)N2CCC(C(=O)NC(C)c3ccccc3)CC2)c1. The maximum Gasteiger partial charge on any atom is 0.243 e. The Hall–Kier alpha value is -2.18. The number of amides is 1. The molecule has 1 atom stereocenters. The van der Waals surface area contributed by atoms with Gasteiger partial charge in [0.05, 0.1) is 10.9 Å². The molecule has 144 valence electrons. The smallest absolute Gasteiger partial charge is 0.243 e. The summed E-state index contributed by atoms with van der Waals surface area (Å²) in [6.45, 7) is 4.58. The lowest BCUT2D eigenvalue weighted by Gasteiger charge is -2.31. The van der Waals surface area contributed by atoms with Gasteiger partial charge in [0.2, 0.25) is 15.9 Å². The van der Waals surface area contributed by atoms with Crippen molar-refractivity contribution in [2.24, 2.45) is 5.92 Å². The van der Waals surface area contributed by atoms with E-state index in [1.807, 2.05) is 50.2 Å². The van der Waals surface area contributed by atoms with Gasteiger partial charge in [0.15, 0.2) is 0 Å². The molecule has 2 aromatic carbocycles. The number of rotatable bonds is 5. The topological polar surface area (TPSA) is 66.5 Å². The molecule has 1 aliphatic rings. The molecule has 0 aliphatic carbocycles. The van der Waals surface area contributed by atoms with Crippen LogP contribution in [0.1, 0.15) is 36.9 Å². The third kappa shape index (κ3) is 4.57. The summed E-state index contributed by atoms with van der Waals surface area (Å²) in [6, 6.07) is 16.7. The Balaban J connectivity index is 1.59. The number of sulfonamides is 1. The maximum absolute atomic E-state index is 12.8. The predicted molar refractivity (Wildman–Crippen MR) is 106 cm³/mol. The molecule has 1 unspecified atom stereocenters. The molecule has 1 N–H and O–H groups in total. The zero-order chi connectivity index (χ0) is 19.4. The molecule has 27 heavy (non-hydrogen) atoms. The number of carbonyl (C=O) groups is 1. The predicted octanol–water partition coefficient (Wildman–Crippen LogP) is 3.27. The monoisotopic (exact) mass is 386 g/mol. The fourth-order valence-corrected chi connectivity index (χ4v) is 5.01. The van der Waals surface area contributed by atoms with E-state index in [9.17, 15) is 13.2 Å². The Morgan fingerprint density at radius 3 is 2.37 bits per heavy atom. The second-order valence-electron chi connectivity index (χ2n) is 7.14. The van der Waals surface area contributed by atoms with Crippen LogP contribution in [0.3, 0.4) is 0 Å². The number of nitrogens with one attached hydrogen (secondary N) is 1. The van der Waals surface area contributed by atoms with Crippen molar-refractivity contribution in [2.45, 2.75) is 37.6 Å². The highest BCUT2D eigenvalue weighted by molar-refractivity contribution is 7.89. The first-order valence-corrected chi connectivity index (χ1v) is 10.7. The molecule has 0 aromatic heterocycles. The fraction of sp³-hybridized carbons (Fsp3) is 0.381. The summed E-state index contributed by atoms with van der Waals surface area (Å²) in [5.74, 6) is -0.154. The van der Waals surface area contributed by atoms with Crippen molar-refractivity contribution in [1.82, 2.24) is 9.62 Å². The number of hydrogen-bond acceptors (Lipinski definition) is 3. The minimum atomic E-state index is -3.50. The van der Waals surface area contributed by atoms with Gasteiger partial charge < -0.3 is 5.32 Å². The normalized spacial score (nSPS) is 17.4. The molecular formula is C21H26N2O3S. The van der Waals surface area contributed by atoms with Gasteiger partial charge in [-0.1, -0.05) is 42.5 Å². The van der Waals surface area contributed by atoms with Crippen LogP contribution in [0.2, 0.25) is 0 Å². The molecule has 2 aromatic rings. The third-order valence-electron chi connectivity index (χ3n) is 5.11. The van der Waals surface area contributed by atoms with Gasteiger partial charge in [-0.15, -0.1) is 0 Å². The first-order valence-electron chi connectivity index (χ1n) is 9.30. The Kier molecular flexibility index (Phi) is 5.97. The van der Waals surface area contributed by atoms with Crippen LogP contribution in [0.5, 0.6) is 0 Å². The zero-order valence-electron chi connectivity index (χ0n) is 15.8. The number of piperidine rings is 1. The number of carbonyl (C=O) groups excluding carboxylic acids is 1. The van der Waals surface area contributed by atoms with Gasteiger partial charge in [0.25, 0.3) is 0 Å². The van der Waals surface area contributed by atoms with Crippen LogP contribution >= 0.6 is 0 Å². The van der Waals surface area contributed by atoms with Gasteiger partial charge in [-0.25, -0.2) is 8.42 Å². The van der Waals surface area contributed by atoms with Gasteiger partial charge >= 0.3 is 0 Å². The number of nitrogens with zero attached hydrogens (tertiary/aromatic N) is 1. The summed E-state index contributed by atoms with van der Waals surface area (Å²) in [7, 11) is -3.50. The van der Waals surface area contributed by atoms with E-state index < -0.39 is 10.0 Å². The summed E-state index contributed by atoms with van der Waals surface area (Å²) in [4.78, 5) is 12.9. The number of aryl methyl sites for hydroxylation is 1. The van der Waals surface area contributed by atoms with Crippen molar-refractivity contribution in [2.75, 3.05) is 13.1 Å². The van der Waals surface area contributed by atoms with Gasteiger partial charge in [0.1, 0.15) is 0 Å². The van der Waals surface area contributed by atoms with E-state index in [-0.39, 0.29) is 17.9 Å². The highest BCUT2D eigenvalue weighted by Crippen LogP contribution is 2.25. The molecular weight excluding hydrogens is 360 g/mol. The molecule has 3 rings (SSSR count). The summed E-state index contributed by atoms with van der Waals surface area (Å²) in [6.07, 6.45) is 1.08. The molecule has 0 spiro atoms. The van der Waals surface area contributed by atoms with Crippen molar-refractivity contribution in [3.05, 3.63) is 65.7 Å². The van der Waals surface area contributed by atoms with E-state index in [4.69, 9.17) is 0 Å². The number of benzene rings is 2. The average molecular weight is 387 g/mol. The van der Waals surface area contributed by atoms with E-state index in [0.29, 0.717) is 30.8 Å². The maximum atomic E-state index is 12.8. The number of hydrogen-bond donors (Lipinski definition) is 1. The molecule has 1 amide bonds. The summed E-state index contributed by atoms with van der Waals surface area (Å²) in [5, 5.41) is 3.05. The molecule has 1 aliphatic heterocycles. The average Bonchev–Trinajstić information content (AvgIpc) is 2.68. The largest absolute Gasteiger partial charge is 0.349 e. The summed E-state index contributed by atoms with van der Waals surface area (Å²) < 4.78 is 27.1. The van der Waals surface area contributed by atoms with E-state index in [1.165, 1.54) is 4.31 Å². The molecule has 5 nitrogen and oxygen atoms in total. The molecule has 1 saturated heterocycles. The van der Waals surface area contributed by atoms with Gasteiger partial charge in [-0.05, 0) is 49.9 Å². The van der Waals surface area contributed by atoms with Crippen molar-refractivity contribution >= 4 is 15.9 Å². The highest BCUT2D eigenvalue weighted by Gasteiger charge is 2.32. The standard InChI is InChI=1S/C21H26N2O3S/c1-16-7-6-10-20(15-16)27(25,26)23-13-11-19(12-14-23)21(24)22-17(2)18-8-4-3-5-9-18/h3-10,15,17,19H,11-14H2,1-2H3,(H,22,24). The second kappa shape index (κ2) is 8.23. The highest BCUT2D eigenvalue weighted by atomic mass is 32.2. The lowest BCUT2D eigenvalue weighted by atomic mass is 9.96. The van der Waals surface area contributed by atoms with E-state index >= 15 is 0 Å². The van der Waals surface area contributed by atoms with Crippen LogP contribution in [0, 0.1) is 12.8 Å². The van der Waals surface area contributed by atoms with Crippen LogP contribution in [0.25, 0.3) is 0 Å². The van der Waals surface area contributed by atoms with Gasteiger partial charge in [-0.2, -0.15) is 4.31 Å². The van der Waals surface area contributed by atoms with E-state index in [2.05, 4.69) is 5.32 Å². The van der Waals surface area contributed by atoms with Crippen molar-refractivity contribution in [3.8, 4) is 0 Å². The van der Waals surface area contributed by atoms with Crippen LogP contribution in [0.15, 0.2) is 59.5 Å². The Labute approximate surface area is 161 Å². The van der Waals surface area contributed by atoms with Crippen molar-refractivity contribution < 1.29 is 13.2 Å². The molecule has 0 bridgehead atoms. The molecule has 1 fully saturated rings. The third-order valence-corrected chi connectivity index (χ3v) is 7.01. The molecule has 0 radical (unpaired) electrons. The van der Waals surface area contributed by atoms with Gasteiger partial charge in [-0.3, -0.25) is 4.79 Å².